The van der Waals surface area contributed by atoms with Crippen LogP contribution >= 0.6 is 0 Å². The van der Waals surface area contributed by atoms with E-state index in [1.807, 2.05) is 127 Å². The first-order valence-corrected chi connectivity index (χ1v) is 12.3. The zero-order chi connectivity index (χ0) is 25.0. The maximum absolute atomic E-state index is 13.2. The van der Waals surface area contributed by atoms with Gasteiger partial charge in [-0.2, -0.15) is 0 Å². The topological polar surface area (TPSA) is 34.1 Å². The highest BCUT2D eigenvalue weighted by molar-refractivity contribution is 6.00. The Bertz CT molecular complexity index is 1310. The number of aryl methyl sites for hydroxylation is 1. The Labute approximate surface area is 213 Å². The largest absolute Gasteiger partial charge is 0.295 e. The van der Waals surface area contributed by atoms with Gasteiger partial charge in [-0.1, -0.05) is 127 Å². The lowest BCUT2D eigenvalue weighted by Gasteiger charge is -2.21. The molecule has 0 saturated heterocycles. The highest BCUT2D eigenvalue weighted by atomic mass is 16.1. The highest BCUT2D eigenvalue weighted by Gasteiger charge is 2.22. The van der Waals surface area contributed by atoms with E-state index >= 15 is 0 Å². The van der Waals surface area contributed by atoms with Crippen LogP contribution < -0.4 is 0 Å². The van der Waals surface area contributed by atoms with Crippen LogP contribution in [0.3, 0.4) is 0 Å². The van der Waals surface area contributed by atoms with Crippen LogP contribution in [0, 0.1) is 0 Å². The van der Waals surface area contributed by atoms with Crippen molar-refractivity contribution in [2.75, 3.05) is 0 Å². The normalized spacial score (nSPS) is 12.4. The van der Waals surface area contributed by atoms with Crippen molar-refractivity contribution >= 4 is 23.2 Å². The van der Waals surface area contributed by atoms with Crippen molar-refractivity contribution in [3.63, 3.8) is 0 Å². The van der Waals surface area contributed by atoms with Gasteiger partial charge in [0.2, 0.25) is 0 Å². The summed E-state index contributed by atoms with van der Waals surface area (Å²) in [5.41, 5.74) is 4.98. The Kier molecular flexibility index (Phi) is 8.94. The van der Waals surface area contributed by atoms with Gasteiger partial charge in [0, 0.05) is 18.8 Å². The second-order valence-corrected chi connectivity index (χ2v) is 8.80. The summed E-state index contributed by atoms with van der Waals surface area (Å²) in [7, 11) is 0. The van der Waals surface area contributed by atoms with Crippen molar-refractivity contribution in [2.45, 2.75) is 25.2 Å². The van der Waals surface area contributed by atoms with Crippen molar-refractivity contribution in [2.24, 2.45) is 0 Å². The third-order valence-corrected chi connectivity index (χ3v) is 6.17. The summed E-state index contributed by atoms with van der Waals surface area (Å²) in [6, 6.07) is 39.8. The van der Waals surface area contributed by atoms with Crippen molar-refractivity contribution in [3.8, 4) is 0 Å². The number of ketones is 2. The molecule has 4 aromatic rings. The number of hydrogen-bond acceptors (Lipinski definition) is 2. The Balaban J connectivity index is 1.63. The second-order valence-electron chi connectivity index (χ2n) is 8.80. The summed E-state index contributed by atoms with van der Waals surface area (Å²) in [5.74, 6) is -0.153. The van der Waals surface area contributed by atoms with Gasteiger partial charge in [-0.05, 0) is 46.4 Å². The third kappa shape index (κ3) is 7.35. The Morgan fingerprint density at radius 2 is 1.19 bits per heavy atom. The molecule has 2 nitrogen and oxygen atoms in total. The maximum Gasteiger partial charge on any atom is 0.156 e. The van der Waals surface area contributed by atoms with E-state index in [0.717, 1.165) is 27.8 Å². The molecule has 178 valence electrons. The van der Waals surface area contributed by atoms with Crippen molar-refractivity contribution in [3.05, 3.63) is 156 Å². The lowest BCUT2D eigenvalue weighted by atomic mass is 9.82. The van der Waals surface area contributed by atoms with Crippen LogP contribution in [0.15, 0.2) is 133 Å². The van der Waals surface area contributed by atoms with E-state index in [1.165, 1.54) is 0 Å². The summed E-state index contributed by atoms with van der Waals surface area (Å²) >= 11 is 0. The van der Waals surface area contributed by atoms with Gasteiger partial charge in [-0.25, -0.2) is 0 Å². The highest BCUT2D eigenvalue weighted by Crippen LogP contribution is 2.35. The van der Waals surface area contributed by atoms with E-state index in [2.05, 4.69) is 0 Å². The molecule has 1 atom stereocenters. The van der Waals surface area contributed by atoms with Crippen LogP contribution in [0.25, 0.3) is 11.6 Å². The summed E-state index contributed by atoms with van der Waals surface area (Å²) < 4.78 is 0. The number of hydrogen-bond donors (Lipinski definition) is 0. The third-order valence-electron chi connectivity index (χ3n) is 6.17. The molecule has 0 N–H and O–H groups in total. The molecule has 0 aliphatic carbocycles. The van der Waals surface area contributed by atoms with Gasteiger partial charge in [0.15, 0.2) is 11.6 Å². The molecule has 36 heavy (non-hydrogen) atoms. The molecule has 0 aromatic heterocycles. The average Bonchev–Trinajstić information content (AvgIpc) is 2.95. The zero-order valence-electron chi connectivity index (χ0n) is 20.3. The quantitative estimate of drug-likeness (QED) is 0.210. The first kappa shape index (κ1) is 24.8. The molecule has 0 radical (unpaired) electrons. The van der Waals surface area contributed by atoms with Crippen LogP contribution in [0.2, 0.25) is 0 Å². The van der Waals surface area contributed by atoms with Crippen LogP contribution in [0.1, 0.15) is 41.0 Å². The fraction of sp³-hybridized carbons (Fsp3) is 0.118. The molecule has 0 amide bonds. The molecule has 4 aromatic carbocycles. The molecule has 0 bridgehead atoms. The molecule has 0 aliphatic rings. The molecular weight excluding hydrogens is 440 g/mol. The Morgan fingerprint density at radius 3 is 1.83 bits per heavy atom. The number of allylic oxidation sites excluding steroid dienone is 3. The van der Waals surface area contributed by atoms with Gasteiger partial charge in [0.05, 0.1) is 0 Å². The number of benzene rings is 4. The van der Waals surface area contributed by atoms with Gasteiger partial charge < -0.3 is 0 Å². The molecule has 0 fully saturated rings. The van der Waals surface area contributed by atoms with Crippen LogP contribution in [0.5, 0.6) is 0 Å². The molecular formula is C34H30O2. The molecule has 0 spiro atoms. The first-order chi connectivity index (χ1) is 17.7. The maximum atomic E-state index is 13.2. The van der Waals surface area contributed by atoms with Gasteiger partial charge >= 0.3 is 0 Å². The van der Waals surface area contributed by atoms with E-state index in [9.17, 15) is 9.59 Å². The van der Waals surface area contributed by atoms with Crippen LogP contribution in [-0.4, -0.2) is 11.6 Å². The van der Waals surface area contributed by atoms with E-state index in [-0.39, 0.29) is 23.9 Å². The van der Waals surface area contributed by atoms with E-state index in [4.69, 9.17) is 0 Å². The Hall–Kier alpha value is -4.30. The van der Waals surface area contributed by atoms with Crippen LogP contribution in [-0.2, 0) is 16.0 Å². The van der Waals surface area contributed by atoms with E-state index in [0.29, 0.717) is 12.8 Å². The van der Waals surface area contributed by atoms with Crippen molar-refractivity contribution < 1.29 is 9.59 Å². The number of carbonyl (C=O) groups is 2. The Morgan fingerprint density at radius 1 is 0.639 bits per heavy atom. The summed E-state index contributed by atoms with van der Waals surface area (Å²) in [4.78, 5) is 26.3. The first-order valence-electron chi connectivity index (χ1n) is 12.3. The minimum Gasteiger partial charge on any atom is -0.295 e. The molecule has 0 saturated carbocycles. The molecule has 0 aliphatic heterocycles. The lowest BCUT2D eigenvalue weighted by Crippen LogP contribution is -2.10. The fourth-order valence-corrected chi connectivity index (χ4v) is 4.29. The molecule has 0 heterocycles. The summed E-state index contributed by atoms with van der Waals surface area (Å²) in [6.45, 7) is 0. The van der Waals surface area contributed by atoms with Gasteiger partial charge in [-0.3, -0.25) is 9.59 Å². The van der Waals surface area contributed by atoms with Crippen molar-refractivity contribution in [1.82, 2.24) is 0 Å². The standard InChI is InChI=1S/C34H30O2/c35-31(23-21-27-13-5-1-6-14-27)25-33(29-17-9-3-10-18-29)34(30-19-11-4-12-20-30)26-32(36)24-22-28-15-7-2-8-16-28/h1-21,23,26,33H,22,24-25H2/b23-21+,34-26-. The second kappa shape index (κ2) is 13.0. The van der Waals surface area contributed by atoms with Gasteiger partial charge in [0.1, 0.15) is 0 Å². The van der Waals surface area contributed by atoms with Crippen LogP contribution in [0.4, 0.5) is 0 Å². The fourth-order valence-electron chi connectivity index (χ4n) is 4.29. The monoisotopic (exact) mass is 470 g/mol. The summed E-state index contributed by atoms with van der Waals surface area (Å²) in [6.07, 6.45) is 6.63. The van der Waals surface area contributed by atoms with Gasteiger partial charge in [-0.15, -0.1) is 0 Å². The minimum absolute atomic E-state index is 0.0197. The van der Waals surface area contributed by atoms with Crippen molar-refractivity contribution in [1.29, 1.82) is 0 Å². The molecule has 4 rings (SSSR count). The van der Waals surface area contributed by atoms with E-state index in [1.54, 1.807) is 12.2 Å². The zero-order valence-corrected chi connectivity index (χ0v) is 20.3. The lowest BCUT2D eigenvalue weighted by molar-refractivity contribution is -0.115. The molecule has 1 unspecified atom stereocenters. The number of rotatable bonds is 11. The SMILES string of the molecule is O=C(/C=C(/c1ccccc1)C(CC(=O)/C=C/c1ccccc1)c1ccccc1)CCc1ccccc1. The molecule has 2 heteroatoms. The number of carbonyl (C=O) groups excluding carboxylic acids is 2. The predicted molar refractivity (Wildman–Crippen MR) is 148 cm³/mol. The van der Waals surface area contributed by atoms with Gasteiger partial charge in [0.25, 0.3) is 0 Å². The summed E-state index contributed by atoms with van der Waals surface area (Å²) in [5, 5.41) is 0. The van der Waals surface area contributed by atoms with E-state index < -0.39 is 0 Å². The minimum atomic E-state index is -0.234. The predicted octanol–water partition coefficient (Wildman–Crippen LogP) is 7.73. The average molecular weight is 471 g/mol. The smallest absolute Gasteiger partial charge is 0.156 e.